The van der Waals surface area contributed by atoms with Gasteiger partial charge in [-0.1, -0.05) is 12.1 Å². The average Bonchev–Trinajstić information content (AvgIpc) is 2.67. The first-order valence-corrected chi connectivity index (χ1v) is 4.43. The number of hydrogen-bond acceptors (Lipinski definition) is 4. The van der Waals surface area contributed by atoms with Crippen LogP contribution in [0.15, 0.2) is 34.9 Å². The zero-order chi connectivity index (χ0) is 10.8. The van der Waals surface area contributed by atoms with E-state index >= 15 is 0 Å². The summed E-state index contributed by atoms with van der Waals surface area (Å²) >= 11 is 0. The summed E-state index contributed by atoms with van der Waals surface area (Å²) < 4.78 is 5.10. The third kappa shape index (κ3) is 1.74. The van der Waals surface area contributed by atoms with E-state index in [9.17, 15) is 9.90 Å². The molecule has 4 heteroatoms. The Morgan fingerprint density at radius 3 is 2.73 bits per heavy atom. The number of rotatable bonds is 2. The third-order valence-electron chi connectivity index (χ3n) is 2.00. The fourth-order valence-corrected chi connectivity index (χ4v) is 1.21. The molecular formula is C11H9NO3. The van der Waals surface area contributed by atoms with Crippen molar-refractivity contribution in [1.29, 1.82) is 0 Å². The molecule has 0 saturated heterocycles. The molecule has 76 valence electrons. The van der Waals surface area contributed by atoms with Crippen molar-refractivity contribution in [1.82, 2.24) is 4.98 Å². The summed E-state index contributed by atoms with van der Waals surface area (Å²) in [5, 5.41) is 9.53. The SMILES string of the molecule is CC(=O)c1coc(-c2ccccc2O)n1. The summed E-state index contributed by atoms with van der Waals surface area (Å²) in [6.45, 7) is 1.41. The highest BCUT2D eigenvalue weighted by molar-refractivity contribution is 5.92. The van der Waals surface area contributed by atoms with E-state index in [-0.39, 0.29) is 23.1 Å². The molecular weight excluding hydrogens is 194 g/mol. The van der Waals surface area contributed by atoms with Gasteiger partial charge in [0.25, 0.3) is 0 Å². The van der Waals surface area contributed by atoms with Crippen molar-refractivity contribution in [3.05, 3.63) is 36.2 Å². The van der Waals surface area contributed by atoms with Gasteiger partial charge in [0, 0.05) is 6.92 Å². The number of aromatic nitrogens is 1. The normalized spacial score (nSPS) is 10.2. The van der Waals surface area contributed by atoms with Crippen molar-refractivity contribution in [2.24, 2.45) is 0 Å². The highest BCUT2D eigenvalue weighted by Gasteiger charge is 2.12. The second kappa shape index (κ2) is 3.57. The van der Waals surface area contributed by atoms with Crippen LogP contribution in [0, 0.1) is 0 Å². The average molecular weight is 203 g/mol. The first-order valence-electron chi connectivity index (χ1n) is 4.43. The second-order valence-corrected chi connectivity index (χ2v) is 3.11. The van der Waals surface area contributed by atoms with Crippen molar-refractivity contribution >= 4 is 5.78 Å². The van der Waals surface area contributed by atoms with E-state index < -0.39 is 0 Å². The molecule has 0 saturated carbocycles. The minimum atomic E-state index is -0.166. The summed E-state index contributed by atoms with van der Waals surface area (Å²) in [5.41, 5.74) is 0.734. The molecule has 0 unspecified atom stereocenters. The number of aromatic hydroxyl groups is 1. The van der Waals surface area contributed by atoms with E-state index in [0.29, 0.717) is 5.56 Å². The summed E-state index contributed by atoms with van der Waals surface area (Å²) in [5.74, 6) is 0.160. The maximum atomic E-state index is 11.0. The predicted octanol–water partition coefficient (Wildman–Crippen LogP) is 2.25. The molecule has 0 spiro atoms. The van der Waals surface area contributed by atoms with Gasteiger partial charge in [-0.3, -0.25) is 4.79 Å². The first kappa shape index (κ1) is 9.45. The Bertz CT molecular complexity index is 502. The Morgan fingerprint density at radius 2 is 2.13 bits per heavy atom. The lowest BCUT2D eigenvalue weighted by Crippen LogP contribution is -1.91. The molecule has 1 aromatic heterocycles. The van der Waals surface area contributed by atoms with Gasteiger partial charge >= 0.3 is 0 Å². The summed E-state index contributed by atoms with van der Waals surface area (Å²) in [4.78, 5) is 15.0. The van der Waals surface area contributed by atoms with E-state index in [0.717, 1.165) is 0 Å². The fraction of sp³-hybridized carbons (Fsp3) is 0.0909. The van der Waals surface area contributed by atoms with Crippen molar-refractivity contribution in [2.75, 3.05) is 0 Å². The molecule has 1 aromatic carbocycles. The lowest BCUT2D eigenvalue weighted by atomic mass is 10.2. The van der Waals surface area contributed by atoms with Gasteiger partial charge in [-0.15, -0.1) is 0 Å². The minimum Gasteiger partial charge on any atom is -0.507 e. The topological polar surface area (TPSA) is 63.3 Å². The van der Waals surface area contributed by atoms with Crippen molar-refractivity contribution in [2.45, 2.75) is 6.92 Å². The number of benzene rings is 1. The standard InChI is InChI=1S/C11H9NO3/c1-7(13)9-6-15-11(12-9)8-4-2-3-5-10(8)14/h2-6,14H,1H3. The van der Waals surface area contributed by atoms with Crippen molar-refractivity contribution in [3.63, 3.8) is 0 Å². The molecule has 15 heavy (non-hydrogen) atoms. The molecule has 2 aromatic rings. The van der Waals surface area contributed by atoms with Gasteiger partial charge in [0.15, 0.2) is 5.78 Å². The summed E-state index contributed by atoms with van der Waals surface area (Å²) in [6.07, 6.45) is 1.28. The molecule has 0 radical (unpaired) electrons. The molecule has 0 atom stereocenters. The molecule has 1 heterocycles. The quantitative estimate of drug-likeness (QED) is 0.760. The molecule has 0 amide bonds. The van der Waals surface area contributed by atoms with Gasteiger partial charge in [0.2, 0.25) is 5.89 Å². The van der Waals surface area contributed by atoms with E-state index in [2.05, 4.69) is 4.98 Å². The predicted molar refractivity (Wildman–Crippen MR) is 53.6 cm³/mol. The number of carbonyl (C=O) groups excluding carboxylic acids is 1. The van der Waals surface area contributed by atoms with Crippen LogP contribution in [0.1, 0.15) is 17.4 Å². The molecule has 0 aliphatic rings. The Balaban J connectivity index is 2.46. The number of carbonyl (C=O) groups is 1. The van der Waals surface area contributed by atoms with Crippen molar-refractivity contribution in [3.8, 4) is 17.2 Å². The van der Waals surface area contributed by atoms with E-state index in [1.807, 2.05) is 0 Å². The molecule has 0 aliphatic carbocycles. The number of hydrogen-bond donors (Lipinski definition) is 1. The zero-order valence-electron chi connectivity index (χ0n) is 8.10. The lowest BCUT2D eigenvalue weighted by Gasteiger charge is -1.97. The van der Waals surface area contributed by atoms with Gasteiger partial charge in [0.1, 0.15) is 17.7 Å². The largest absolute Gasteiger partial charge is 0.507 e. The molecule has 4 nitrogen and oxygen atoms in total. The molecule has 0 aliphatic heterocycles. The van der Waals surface area contributed by atoms with E-state index in [1.54, 1.807) is 18.2 Å². The molecule has 0 bridgehead atoms. The molecule has 2 rings (SSSR count). The van der Waals surface area contributed by atoms with Gasteiger partial charge in [0.05, 0.1) is 5.56 Å². The van der Waals surface area contributed by atoms with Gasteiger partial charge < -0.3 is 9.52 Å². The number of phenols is 1. The van der Waals surface area contributed by atoms with Crippen LogP contribution in [0.3, 0.4) is 0 Å². The number of ketones is 1. The number of Topliss-reactive ketones (excluding diaryl/α,β-unsaturated/α-hetero) is 1. The summed E-state index contributed by atoms with van der Waals surface area (Å²) in [7, 11) is 0. The Labute approximate surface area is 86.2 Å². The molecule has 0 fully saturated rings. The van der Waals surface area contributed by atoms with Crippen LogP contribution >= 0.6 is 0 Å². The Hall–Kier alpha value is -2.10. The zero-order valence-corrected chi connectivity index (χ0v) is 8.10. The Morgan fingerprint density at radius 1 is 1.40 bits per heavy atom. The van der Waals surface area contributed by atoms with Crippen LogP contribution in [0.25, 0.3) is 11.5 Å². The first-order chi connectivity index (χ1) is 7.18. The number of phenolic OH excluding ortho intramolecular Hbond substituents is 1. The molecule has 1 N–H and O–H groups in total. The van der Waals surface area contributed by atoms with Gasteiger partial charge in [-0.05, 0) is 12.1 Å². The fourth-order valence-electron chi connectivity index (χ4n) is 1.21. The van der Waals surface area contributed by atoms with Crippen LogP contribution in [-0.2, 0) is 0 Å². The number of para-hydroxylation sites is 1. The minimum absolute atomic E-state index is 0.0782. The van der Waals surface area contributed by atoms with E-state index in [1.165, 1.54) is 19.3 Å². The maximum absolute atomic E-state index is 11.0. The summed E-state index contributed by atoms with van der Waals surface area (Å²) in [6, 6.07) is 6.67. The van der Waals surface area contributed by atoms with Crippen LogP contribution < -0.4 is 0 Å². The number of nitrogens with zero attached hydrogens (tertiary/aromatic N) is 1. The monoisotopic (exact) mass is 203 g/mol. The number of oxazole rings is 1. The van der Waals surface area contributed by atoms with Crippen LogP contribution in [0.2, 0.25) is 0 Å². The van der Waals surface area contributed by atoms with Crippen LogP contribution in [-0.4, -0.2) is 15.9 Å². The smallest absolute Gasteiger partial charge is 0.230 e. The Kier molecular flexibility index (Phi) is 2.25. The van der Waals surface area contributed by atoms with E-state index in [4.69, 9.17) is 4.42 Å². The highest BCUT2D eigenvalue weighted by atomic mass is 16.3. The lowest BCUT2D eigenvalue weighted by molar-refractivity contribution is 0.101. The highest BCUT2D eigenvalue weighted by Crippen LogP contribution is 2.27. The third-order valence-corrected chi connectivity index (χ3v) is 2.00. The van der Waals surface area contributed by atoms with Crippen LogP contribution in [0.5, 0.6) is 5.75 Å². The maximum Gasteiger partial charge on any atom is 0.230 e. The van der Waals surface area contributed by atoms with Gasteiger partial charge in [-0.25, -0.2) is 4.98 Å². The van der Waals surface area contributed by atoms with Gasteiger partial charge in [-0.2, -0.15) is 0 Å². The van der Waals surface area contributed by atoms with Crippen LogP contribution in [0.4, 0.5) is 0 Å². The second-order valence-electron chi connectivity index (χ2n) is 3.11. The van der Waals surface area contributed by atoms with Crippen molar-refractivity contribution < 1.29 is 14.3 Å².